The van der Waals surface area contributed by atoms with Crippen LogP contribution in [0.1, 0.15) is 25.0 Å². The van der Waals surface area contributed by atoms with E-state index in [1.165, 1.54) is 0 Å². The highest BCUT2D eigenvalue weighted by Gasteiger charge is 2.33. The summed E-state index contributed by atoms with van der Waals surface area (Å²) in [6, 6.07) is 7.15. The predicted octanol–water partition coefficient (Wildman–Crippen LogP) is 3.24. The summed E-state index contributed by atoms with van der Waals surface area (Å²) < 4.78 is 17.4. The van der Waals surface area contributed by atoms with Crippen molar-refractivity contribution in [3.63, 3.8) is 0 Å². The average Bonchev–Trinajstić information content (AvgIpc) is 3.32. The van der Waals surface area contributed by atoms with Crippen LogP contribution in [-0.4, -0.2) is 66.3 Å². The smallest absolute Gasteiger partial charge is 0.292 e. The lowest BCUT2D eigenvalue weighted by Crippen LogP contribution is -2.38. The highest BCUT2D eigenvalue weighted by atomic mass is 16.6. The van der Waals surface area contributed by atoms with Crippen LogP contribution in [-0.2, 0) is 9.53 Å². The summed E-state index contributed by atoms with van der Waals surface area (Å²) in [5.41, 5.74) is 1.77. The number of carbonyl (C=O) groups excluding carboxylic acids is 1. The molecule has 5 rings (SSSR count). The van der Waals surface area contributed by atoms with Crippen LogP contribution in [0.2, 0.25) is 0 Å². The largest absolute Gasteiger partial charge is 0.490 e. The number of hydrogen-bond donors (Lipinski definition) is 0. The Morgan fingerprint density at radius 1 is 1.18 bits per heavy atom. The summed E-state index contributed by atoms with van der Waals surface area (Å²) in [6.07, 6.45) is 3.91. The first kappa shape index (κ1) is 22.4. The van der Waals surface area contributed by atoms with Crippen molar-refractivity contribution in [3.05, 3.63) is 46.3 Å². The van der Waals surface area contributed by atoms with E-state index in [1.54, 1.807) is 19.2 Å². The molecule has 0 spiro atoms. The van der Waals surface area contributed by atoms with Crippen molar-refractivity contribution in [2.45, 2.75) is 32.3 Å². The number of anilines is 2. The third kappa shape index (κ3) is 4.50. The van der Waals surface area contributed by atoms with Crippen LogP contribution < -0.4 is 14.4 Å². The van der Waals surface area contributed by atoms with Crippen LogP contribution in [0.25, 0.3) is 0 Å². The maximum absolute atomic E-state index is 12.8. The Hall–Kier alpha value is -3.40. The Morgan fingerprint density at radius 2 is 2.00 bits per heavy atom. The van der Waals surface area contributed by atoms with Crippen molar-refractivity contribution in [1.82, 2.24) is 9.88 Å². The number of amides is 1. The van der Waals surface area contributed by atoms with E-state index >= 15 is 0 Å². The lowest BCUT2D eigenvalue weighted by Gasteiger charge is -2.31. The summed E-state index contributed by atoms with van der Waals surface area (Å²) in [5.74, 6) is 1.61. The van der Waals surface area contributed by atoms with Crippen molar-refractivity contribution < 1.29 is 23.9 Å². The lowest BCUT2D eigenvalue weighted by molar-refractivity contribution is -0.385. The lowest BCUT2D eigenvalue weighted by atomic mass is 9.99. The molecule has 10 nitrogen and oxygen atoms in total. The molecule has 0 N–H and O–H groups in total. The van der Waals surface area contributed by atoms with Crippen LogP contribution in [0.5, 0.6) is 11.5 Å². The zero-order chi connectivity index (χ0) is 23.7. The molecule has 10 heteroatoms. The van der Waals surface area contributed by atoms with Crippen LogP contribution in [0, 0.1) is 23.0 Å². The number of carbonyl (C=O) groups is 1. The van der Waals surface area contributed by atoms with Gasteiger partial charge in [-0.1, -0.05) is 0 Å². The molecule has 3 aliphatic heterocycles. The third-order valence-corrected chi connectivity index (χ3v) is 6.68. The van der Waals surface area contributed by atoms with E-state index in [9.17, 15) is 14.9 Å². The molecule has 0 radical (unpaired) electrons. The number of likely N-dealkylation sites (tertiary alicyclic amines) is 1. The molecular formula is C24H28N4O6. The van der Waals surface area contributed by atoms with Crippen LogP contribution >= 0.6 is 0 Å². The number of rotatable bonds is 5. The van der Waals surface area contributed by atoms with E-state index in [0.29, 0.717) is 62.3 Å². The Bertz CT molecular complexity index is 1090. The summed E-state index contributed by atoms with van der Waals surface area (Å²) in [7, 11) is 0. The quantitative estimate of drug-likeness (QED) is 0.486. The molecule has 0 unspecified atom stereocenters. The summed E-state index contributed by atoms with van der Waals surface area (Å²) in [4.78, 5) is 31.9. The van der Waals surface area contributed by atoms with E-state index in [4.69, 9.17) is 14.2 Å². The molecule has 1 atom stereocenters. The highest BCUT2D eigenvalue weighted by molar-refractivity contribution is 5.79. The van der Waals surface area contributed by atoms with Crippen LogP contribution in [0.4, 0.5) is 17.1 Å². The maximum atomic E-state index is 12.8. The topological polar surface area (TPSA) is 107 Å². The normalized spacial score (nSPS) is 20.6. The Labute approximate surface area is 197 Å². The first-order valence-electron chi connectivity index (χ1n) is 11.7. The van der Waals surface area contributed by atoms with Gasteiger partial charge in [-0.2, -0.15) is 0 Å². The molecule has 3 aliphatic rings. The van der Waals surface area contributed by atoms with Gasteiger partial charge in [0.1, 0.15) is 29.9 Å². The number of fused-ring (bicyclic) bond motifs is 1. The molecule has 0 saturated carbocycles. The third-order valence-electron chi connectivity index (χ3n) is 6.68. The van der Waals surface area contributed by atoms with Gasteiger partial charge in [0, 0.05) is 44.2 Å². The number of aromatic nitrogens is 1. The van der Waals surface area contributed by atoms with Gasteiger partial charge in [-0.3, -0.25) is 19.9 Å². The van der Waals surface area contributed by atoms with Gasteiger partial charge in [0.05, 0.1) is 35.6 Å². The highest BCUT2D eigenvalue weighted by Crippen LogP contribution is 2.40. The minimum atomic E-state index is -0.416. The molecule has 2 aromatic rings. The van der Waals surface area contributed by atoms with Gasteiger partial charge in [0.2, 0.25) is 5.91 Å². The monoisotopic (exact) mass is 468 g/mol. The number of hydrogen-bond acceptors (Lipinski definition) is 8. The van der Waals surface area contributed by atoms with E-state index in [-0.39, 0.29) is 23.6 Å². The molecule has 2 saturated heterocycles. The molecule has 0 bridgehead atoms. The van der Waals surface area contributed by atoms with Crippen molar-refractivity contribution in [2.75, 3.05) is 44.4 Å². The molecule has 34 heavy (non-hydrogen) atoms. The van der Waals surface area contributed by atoms with Crippen molar-refractivity contribution in [1.29, 1.82) is 0 Å². The predicted molar refractivity (Wildman–Crippen MR) is 124 cm³/mol. The molecule has 1 amide bonds. The average molecular weight is 469 g/mol. The van der Waals surface area contributed by atoms with E-state index in [0.717, 1.165) is 24.9 Å². The zero-order valence-corrected chi connectivity index (χ0v) is 19.1. The second kappa shape index (κ2) is 9.46. The SMILES string of the molecule is Cc1ncc(N2CCOc3ccc(O[C@H]4CCN(C(=O)C5CCOCC5)C4)cc32)cc1[N+](=O)[O-]. The molecule has 1 aromatic carbocycles. The maximum Gasteiger partial charge on any atom is 0.292 e. The minimum Gasteiger partial charge on any atom is -0.490 e. The van der Waals surface area contributed by atoms with Crippen LogP contribution in [0.15, 0.2) is 30.5 Å². The number of nitro groups is 1. The Balaban J connectivity index is 1.31. The van der Waals surface area contributed by atoms with Gasteiger partial charge in [-0.15, -0.1) is 0 Å². The fourth-order valence-corrected chi connectivity index (χ4v) is 4.80. The van der Waals surface area contributed by atoms with Gasteiger partial charge in [0.15, 0.2) is 0 Å². The minimum absolute atomic E-state index is 0.0156. The molecule has 180 valence electrons. The molecule has 4 heterocycles. The summed E-state index contributed by atoms with van der Waals surface area (Å²) in [6.45, 7) is 5.19. The van der Waals surface area contributed by atoms with Gasteiger partial charge < -0.3 is 24.0 Å². The van der Waals surface area contributed by atoms with E-state index in [2.05, 4.69) is 4.98 Å². The van der Waals surface area contributed by atoms with Crippen molar-refractivity contribution in [3.8, 4) is 11.5 Å². The Morgan fingerprint density at radius 3 is 2.79 bits per heavy atom. The number of benzene rings is 1. The van der Waals surface area contributed by atoms with Crippen molar-refractivity contribution in [2.24, 2.45) is 5.92 Å². The summed E-state index contributed by atoms with van der Waals surface area (Å²) >= 11 is 0. The van der Waals surface area contributed by atoms with E-state index < -0.39 is 4.92 Å². The zero-order valence-electron chi connectivity index (χ0n) is 19.1. The number of nitrogens with zero attached hydrogens (tertiary/aromatic N) is 4. The first-order chi connectivity index (χ1) is 16.5. The van der Waals surface area contributed by atoms with Gasteiger partial charge in [-0.05, 0) is 31.9 Å². The number of ether oxygens (including phenoxy) is 3. The fourth-order valence-electron chi connectivity index (χ4n) is 4.80. The standard InChI is InChI=1S/C24H28N4O6/c1-16-21(28(30)31)12-18(14-25-16)27-8-11-33-23-3-2-19(13-22(23)27)34-20-4-7-26(15-20)24(29)17-5-9-32-10-6-17/h2-3,12-14,17,20H,4-11,15H2,1H3/t20-/m0/s1. The van der Waals surface area contributed by atoms with Crippen molar-refractivity contribution >= 4 is 23.0 Å². The fraction of sp³-hybridized carbons (Fsp3) is 0.500. The second-order valence-corrected chi connectivity index (χ2v) is 8.88. The van der Waals surface area contributed by atoms with Gasteiger partial charge >= 0.3 is 0 Å². The first-order valence-corrected chi connectivity index (χ1v) is 11.7. The Kier molecular flexibility index (Phi) is 6.23. The molecular weight excluding hydrogens is 440 g/mol. The molecule has 2 fully saturated rings. The van der Waals surface area contributed by atoms with E-state index in [1.807, 2.05) is 28.0 Å². The van der Waals surface area contributed by atoms with Gasteiger partial charge in [0.25, 0.3) is 5.69 Å². The second-order valence-electron chi connectivity index (χ2n) is 8.88. The number of aryl methyl sites for hydroxylation is 1. The van der Waals surface area contributed by atoms with Crippen LogP contribution in [0.3, 0.4) is 0 Å². The molecule has 0 aliphatic carbocycles. The number of pyridine rings is 1. The summed E-state index contributed by atoms with van der Waals surface area (Å²) in [5, 5.41) is 11.4. The molecule has 1 aromatic heterocycles. The van der Waals surface area contributed by atoms with Gasteiger partial charge in [-0.25, -0.2) is 0 Å².